The van der Waals surface area contributed by atoms with Crippen molar-refractivity contribution >= 4 is 66.4 Å². The van der Waals surface area contributed by atoms with Crippen LogP contribution in [0.5, 0.6) is 0 Å². The summed E-state index contributed by atoms with van der Waals surface area (Å²) >= 11 is 2.77. The first-order chi connectivity index (χ1) is 14.2. The highest BCUT2D eigenvalue weighted by Gasteiger charge is 2.21. The molecule has 0 fully saturated rings. The maximum absolute atomic E-state index is 12.8. The van der Waals surface area contributed by atoms with Gasteiger partial charge in [-0.25, -0.2) is 9.97 Å². The van der Waals surface area contributed by atoms with Crippen LogP contribution >= 0.6 is 23.1 Å². The number of rotatable bonds is 5. The smallest absolute Gasteiger partial charge is 0.239 e. The molecule has 0 saturated heterocycles. The summed E-state index contributed by atoms with van der Waals surface area (Å²) < 4.78 is 1.04. The van der Waals surface area contributed by atoms with Crippen LogP contribution in [0.15, 0.2) is 53.7 Å². The second-order valence-electron chi connectivity index (χ2n) is 6.45. The van der Waals surface area contributed by atoms with E-state index < -0.39 is 0 Å². The lowest BCUT2D eigenvalue weighted by molar-refractivity contribution is -0.115. The number of benzene rings is 2. The van der Waals surface area contributed by atoms with E-state index in [2.05, 4.69) is 30.5 Å². The van der Waals surface area contributed by atoms with Crippen molar-refractivity contribution in [3.05, 3.63) is 48.5 Å². The zero-order valence-corrected chi connectivity index (χ0v) is 17.0. The first-order valence-corrected chi connectivity index (χ1v) is 10.8. The number of fused-ring (bicyclic) bond motifs is 4. The van der Waals surface area contributed by atoms with E-state index in [1.165, 1.54) is 23.1 Å². The van der Waals surface area contributed by atoms with E-state index in [0.29, 0.717) is 22.4 Å². The molecule has 0 unspecified atom stereocenters. The Morgan fingerprint density at radius 3 is 2.83 bits per heavy atom. The molecule has 1 atom stereocenters. The van der Waals surface area contributed by atoms with Gasteiger partial charge in [0, 0.05) is 10.9 Å². The molecule has 9 heteroatoms. The van der Waals surface area contributed by atoms with E-state index in [-0.39, 0.29) is 11.2 Å². The number of thioether (sulfide) groups is 1. The van der Waals surface area contributed by atoms with Gasteiger partial charge >= 0.3 is 0 Å². The van der Waals surface area contributed by atoms with E-state index in [9.17, 15) is 4.79 Å². The van der Waals surface area contributed by atoms with Crippen LogP contribution in [0, 0.1) is 0 Å². The largest absolute Gasteiger partial charge is 0.338 e. The number of para-hydroxylation sites is 2. The van der Waals surface area contributed by atoms with Crippen LogP contribution in [0.1, 0.15) is 13.3 Å². The van der Waals surface area contributed by atoms with Crippen molar-refractivity contribution in [3.8, 4) is 0 Å². The maximum Gasteiger partial charge on any atom is 0.239 e. The predicted molar refractivity (Wildman–Crippen MR) is 117 cm³/mol. The van der Waals surface area contributed by atoms with Gasteiger partial charge in [0.25, 0.3) is 0 Å². The van der Waals surface area contributed by atoms with E-state index in [0.717, 1.165) is 26.6 Å². The third-order valence-corrected chi connectivity index (χ3v) is 6.70. The summed E-state index contributed by atoms with van der Waals surface area (Å²) in [7, 11) is 0. The minimum absolute atomic E-state index is 0.114. The molecule has 0 aliphatic carbocycles. The Labute approximate surface area is 174 Å². The van der Waals surface area contributed by atoms with Crippen molar-refractivity contribution in [2.24, 2.45) is 0 Å². The number of hydrogen-bond acceptors (Lipinski definition) is 7. The number of nitrogens with zero attached hydrogens (tertiary/aromatic N) is 4. The highest BCUT2D eigenvalue weighted by Crippen LogP contribution is 2.29. The third kappa shape index (κ3) is 3.43. The maximum atomic E-state index is 12.8. The monoisotopic (exact) mass is 420 g/mol. The molecule has 29 heavy (non-hydrogen) atoms. The van der Waals surface area contributed by atoms with Crippen LogP contribution in [0.3, 0.4) is 0 Å². The van der Waals surface area contributed by atoms with Crippen molar-refractivity contribution in [2.75, 3.05) is 5.32 Å². The summed E-state index contributed by atoms with van der Waals surface area (Å²) in [4.78, 5) is 25.1. The molecule has 0 saturated carbocycles. The Kier molecular flexibility index (Phi) is 4.61. The van der Waals surface area contributed by atoms with Gasteiger partial charge < -0.3 is 10.3 Å². The van der Waals surface area contributed by atoms with Gasteiger partial charge in [0.2, 0.25) is 11.1 Å². The van der Waals surface area contributed by atoms with Gasteiger partial charge in [-0.05, 0) is 24.6 Å². The topological polar surface area (TPSA) is 96.5 Å². The molecular weight excluding hydrogens is 404 g/mol. The summed E-state index contributed by atoms with van der Waals surface area (Å²) in [6.45, 7) is 1.96. The van der Waals surface area contributed by atoms with Crippen molar-refractivity contribution < 1.29 is 4.79 Å². The van der Waals surface area contributed by atoms with Gasteiger partial charge in [0.1, 0.15) is 5.52 Å². The number of carbonyl (C=O) groups excluding carboxylic acids is 1. The van der Waals surface area contributed by atoms with Crippen LogP contribution in [-0.2, 0) is 4.79 Å². The van der Waals surface area contributed by atoms with Crippen LogP contribution < -0.4 is 5.32 Å². The molecule has 0 spiro atoms. The molecule has 0 bridgehead atoms. The molecule has 2 aromatic carbocycles. The summed E-state index contributed by atoms with van der Waals surface area (Å²) in [6, 6.07) is 15.7. The minimum atomic E-state index is -0.342. The van der Waals surface area contributed by atoms with Gasteiger partial charge in [0.05, 0.1) is 15.5 Å². The number of thiazole rings is 1. The quantitative estimate of drug-likeness (QED) is 0.403. The van der Waals surface area contributed by atoms with Crippen molar-refractivity contribution in [2.45, 2.75) is 23.8 Å². The molecule has 7 nitrogen and oxygen atoms in total. The van der Waals surface area contributed by atoms with E-state index in [1.807, 2.05) is 55.5 Å². The summed E-state index contributed by atoms with van der Waals surface area (Å²) in [5.74, 6) is -0.114. The highest BCUT2D eigenvalue weighted by molar-refractivity contribution is 8.00. The average molecular weight is 421 g/mol. The normalized spacial score (nSPS) is 12.6. The number of aromatic nitrogens is 5. The first-order valence-electron chi connectivity index (χ1n) is 9.15. The molecule has 144 valence electrons. The van der Waals surface area contributed by atoms with Gasteiger partial charge in [-0.1, -0.05) is 60.4 Å². The minimum Gasteiger partial charge on any atom is -0.338 e. The van der Waals surface area contributed by atoms with Gasteiger partial charge in [0.15, 0.2) is 10.8 Å². The number of amides is 1. The van der Waals surface area contributed by atoms with Crippen molar-refractivity contribution in [3.63, 3.8) is 0 Å². The lowest BCUT2D eigenvalue weighted by Gasteiger charge is -2.11. The zero-order chi connectivity index (χ0) is 19.8. The summed E-state index contributed by atoms with van der Waals surface area (Å²) in [5, 5.41) is 13.2. The first kappa shape index (κ1) is 18.0. The fourth-order valence-electron chi connectivity index (χ4n) is 3.12. The molecule has 5 rings (SSSR count). The molecule has 3 heterocycles. The SMILES string of the molecule is CC[C@@H](Sc1nnc2c(n1)[nH]c1ccccc12)C(=O)Nc1nc2ccccc2s1. The van der Waals surface area contributed by atoms with E-state index >= 15 is 0 Å². The summed E-state index contributed by atoms with van der Waals surface area (Å²) in [5.41, 5.74) is 3.25. The molecular formula is C20H16N6OS2. The third-order valence-electron chi connectivity index (χ3n) is 4.54. The molecule has 2 N–H and O–H groups in total. The Hall–Kier alpha value is -3.04. The Balaban J connectivity index is 1.37. The molecule has 3 aromatic heterocycles. The number of anilines is 1. The van der Waals surface area contributed by atoms with Crippen molar-refractivity contribution in [1.29, 1.82) is 0 Å². The second kappa shape index (κ2) is 7.41. The molecule has 1 amide bonds. The van der Waals surface area contributed by atoms with Crippen LogP contribution in [0.25, 0.3) is 32.3 Å². The number of H-pyrrole nitrogens is 1. The van der Waals surface area contributed by atoms with Gasteiger partial charge in [-0.15, -0.1) is 10.2 Å². The van der Waals surface area contributed by atoms with Gasteiger partial charge in [-0.3, -0.25) is 4.79 Å². The number of aromatic amines is 1. The summed E-state index contributed by atoms with van der Waals surface area (Å²) in [6.07, 6.45) is 0.634. The van der Waals surface area contributed by atoms with E-state index in [4.69, 9.17) is 0 Å². The fourth-order valence-corrected chi connectivity index (χ4v) is 4.80. The van der Waals surface area contributed by atoms with E-state index in [1.54, 1.807) is 0 Å². The molecule has 0 radical (unpaired) electrons. The Bertz CT molecular complexity index is 1310. The number of hydrogen-bond donors (Lipinski definition) is 2. The highest BCUT2D eigenvalue weighted by atomic mass is 32.2. The van der Waals surface area contributed by atoms with Crippen LogP contribution in [0.2, 0.25) is 0 Å². The van der Waals surface area contributed by atoms with Crippen molar-refractivity contribution in [1.82, 2.24) is 25.1 Å². The zero-order valence-electron chi connectivity index (χ0n) is 15.4. The fraction of sp³-hybridized carbons (Fsp3) is 0.150. The Morgan fingerprint density at radius 1 is 1.14 bits per heavy atom. The molecule has 5 aromatic rings. The van der Waals surface area contributed by atoms with Crippen LogP contribution in [0.4, 0.5) is 5.13 Å². The lowest BCUT2D eigenvalue weighted by atomic mass is 10.2. The van der Waals surface area contributed by atoms with Crippen LogP contribution in [-0.4, -0.2) is 36.3 Å². The average Bonchev–Trinajstić information content (AvgIpc) is 3.31. The molecule has 0 aliphatic rings. The number of carbonyl (C=O) groups is 1. The standard InChI is InChI=1S/C20H16N6OS2/c1-2-14(18(27)24-19-22-13-9-5-6-10-15(13)29-19)28-20-23-17-16(25-26-20)11-7-3-4-8-12(11)21-17/h3-10,14H,2H2,1H3,(H,21,23,26)(H,22,24,27)/t14-/m1/s1. The Morgan fingerprint density at radius 2 is 1.97 bits per heavy atom. The second-order valence-corrected chi connectivity index (χ2v) is 8.65. The van der Waals surface area contributed by atoms with Gasteiger partial charge in [-0.2, -0.15) is 0 Å². The number of nitrogens with one attached hydrogen (secondary N) is 2. The molecule has 0 aliphatic heterocycles. The predicted octanol–water partition coefficient (Wildman–Crippen LogP) is 4.63. The lowest BCUT2D eigenvalue weighted by Crippen LogP contribution is -2.24.